The number of rotatable bonds is 5. The molecular formula is C24H28N4O3. The Balaban J connectivity index is 1.63. The molecule has 0 N–H and O–H groups in total. The number of esters is 1. The van der Waals surface area contributed by atoms with Gasteiger partial charge in [0.05, 0.1) is 22.8 Å². The summed E-state index contributed by atoms with van der Waals surface area (Å²) in [5.74, 6) is -0.663. The molecule has 2 aromatic heterocycles. The Morgan fingerprint density at radius 3 is 2.48 bits per heavy atom. The van der Waals surface area contributed by atoms with Gasteiger partial charge in [-0.1, -0.05) is 43.2 Å². The maximum absolute atomic E-state index is 13.1. The minimum absolute atomic E-state index is 0.131. The lowest BCUT2D eigenvalue weighted by atomic mass is 10.1. The zero-order valence-electron chi connectivity index (χ0n) is 18.1. The minimum Gasteiger partial charge on any atom is -0.449 e. The number of pyridine rings is 1. The van der Waals surface area contributed by atoms with E-state index >= 15 is 0 Å². The van der Waals surface area contributed by atoms with Crippen LogP contribution in [0.1, 0.15) is 49.9 Å². The van der Waals surface area contributed by atoms with Gasteiger partial charge in [-0.05, 0) is 32.8 Å². The van der Waals surface area contributed by atoms with Crippen molar-refractivity contribution in [2.75, 3.05) is 13.1 Å². The predicted molar refractivity (Wildman–Crippen MR) is 119 cm³/mol. The molecule has 3 heterocycles. The molecule has 3 aromatic rings. The fraction of sp³-hybridized carbons (Fsp3) is 0.417. The molecule has 1 aromatic carbocycles. The Labute approximate surface area is 182 Å². The number of benzene rings is 1. The van der Waals surface area contributed by atoms with Crippen molar-refractivity contribution in [3.05, 3.63) is 48.2 Å². The van der Waals surface area contributed by atoms with E-state index in [2.05, 4.69) is 5.10 Å². The number of hydrogen-bond donors (Lipinski definition) is 0. The van der Waals surface area contributed by atoms with Crippen molar-refractivity contribution in [2.45, 2.75) is 52.2 Å². The van der Waals surface area contributed by atoms with Crippen LogP contribution in [0.4, 0.5) is 0 Å². The summed E-state index contributed by atoms with van der Waals surface area (Å²) in [6.07, 6.45) is 5.06. The van der Waals surface area contributed by atoms with Gasteiger partial charge in [-0.3, -0.25) is 4.79 Å². The monoisotopic (exact) mass is 420 g/mol. The largest absolute Gasteiger partial charge is 0.449 e. The van der Waals surface area contributed by atoms with Crippen molar-refractivity contribution >= 4 is 22.9 Å². The molecule has 31 heavy (non-hydrogen) atoms. The van der Waals surface area contributed by atoms with E-state index < -0.39 is 12.1 Å². The molecule has 7 heteroatoms. The predicted octanol–water partition coefficient (Wildman–Crippen LogP) is 4.07. The summed E-state index contributed by atoms with van der Waals surface area (Å²) in [5.41, 5.74) is 2.57. The number of ether oxygens (including phenoxy) is 1. The third-order valence-corrected chi connectivity index (χ3v) is 5.75. The highest BCUT2D eigenvalue weighted by atomic mass is 16.5. The molecule has 4 rings (SSSR count). The standard InChI is InChI=1S/C24H28N4O3/c1-3-28-22-20(16-25-28)19(15-21(26-22)18-11-7-6-8-12-18)24(30)31-17(2)23(29)27-13-9-4-5-10-14-27/h6-8,11-12,15-17H,3-5,9-10,13-14H2,1-2H3. The number of aryl methyl sites for hydroxylation is 1. The Morgan fingerprint density at radius 2 is 1.81 bits per heavy atom. The first-order chi connectivity index (χ1) is 15.1. The highest BCUT2D eigenvalue weighted by Gasteiger charge is 2.26. The van der Waals surface area contributed by atoms with Crippen LogP contribution < -0.4 is 0 Å². The lowest BCUT2D eigenvalue weighted by Gasteiger charge is -2.24. The van der Waals surface area contributed by atoms with Crippen LogP contribution in [0.3, 0.4) is 0 Å². The summed E-state index contributed by atoms with van der Waals surface area (Å²) in [5, 5.41) is 4.99. The average Bonchev–Trinajstić information content (AvgIpc) is 3.02. The van der Waals surface area contributed by atoms with E-state index in [-0.39, 0.29) is 5.91 Å². The van der Waals surface area contributed by atoms with E-state index in [9.17, 15) is 9.59 Å². The van der Waals surface area contributed by atoms with Crippen LogP contribution in [0.25, 0.3) is 22.3 Å². The van der Waals surface area contributed by atoms with Crippen molar-refractivity contribution in [1.82, 2.24) is 19.7 Å². The van der Waals surface area contributed by atoms with E-state index in [1.165, 1.54) is 0 Å². The normalized spacial score (nSPS) is 15.5. The van der Waals surface area contributed by atoms with E-state index in [4.69, 9.17) is 9.72 Å². The minimum atomic E-state index is -0.838. The SMILES string of the molecule is CCn1ncc2c(C(=O)OC(C)C(=O)N3CCCCCC3)cc(-c3ccccc3)nc21. The molecule has 1 saturated heterocycles. The fourth-order valence-electron chi connectivity index (χ4n) is 4.03. The summed E-state index contributed by atoms with van der Waals surface area (Å²) < 4.78 is 7.39. The lowest BCUT2D eigenvalue weighted by Crippen LogP contribution is -2.40. The number of likely N-dealkylation sites (tertiary alicyclic amines) is 1. The summed E-state index contributed by atoms with van der Waals surface area (Å²) in [6.45, 7) is 5.71. The van der Waals surface area contributed by atoms with E-state index in [0.717, 1.165) is 44.3 Å². The molecule has 1 unspecified atom stereocenters. The molecule has 1 fully saturated rings. The van der Waals surface area contributed by atoms with Crippen LogP contribution in [0, 0.1) is 0 Å². The number of amides is 1. The van der Waals surface area contributed by atoms with Gasteiger partial charge in [-0.2, -0.15) is 5.10 Å². The summed E-state index contributed by atoms with van der Waals surface area (Å²) >= 11 is 0. The number of hydrogen-bond acceptors (Lipinski definition) is 5. The van der Waals surface area contributed by atoms with Crippen LogP contribution in [0.15, 0.2) is 42.6 Å². The first-order valence-electron chi connectivity index (χ1n) is 11.0. The van der Waals surface area contributed by atoms with Crippen LogP contribution in [0.5, 0.6) is 0 Å². The Kier molecular flexibility index (Phi) is 6.30. The lowest BCUT2D eigenvalue weighted by molar-refractivity contribution is -0.139. The topological polar surface area (TPSA) is 77.3 Å². The Morgan fingerprint density at radius 1 is 1.10 bits per heavy atom. The molecule has 0 bridgehead atoms. The van der Waals surface area contributed by atoms with Crippen LogP contribution in [0.2, 0.25) is 0 Å². The molecule has 162 valence electrons. The molecule has 7 nitrogen and oxygen atoms in total. The van der Waals surface area contributed by atoms with Crippen molar-refractivity contribution in [3.8, 4) is 11.3 Å². The second-order valence-corrected chi connectivity index (χ2v) is 7.91. The molecule has 0 saturated carbocycles. The van der Waals surface area contributed by atoms with Gasteiger partial charge in [-0.15, -0.1) is 0 Å². The number of aromatic nitrogens is 3. The first-order valence-corrected chi connectivity index (χ1v) is 11.0. The summed E-state index contributed by atoms with van der Waals surface area (Å²) in [4.78, 5) is 32.5. The maximum Gasteiger partial charge on any atom is 0.339 e. The first kappa shape index (κ1) is 21.0. The van der Waals surface area contributed by atoms with Gasteiger partial charge in [0, 0.05) is 25.2 Å². The van der Waals surface area contributed by atoms with Gasteiger partial charge in [-0.25, -0.2) is 14.5 Å². The third-order valence-electron chi connectivity index (χ3n) is 5.75. The summed E-state index contributed by atoms with van der Waals surface area (Å²) in [7, 11) is 0. The van der Waals surface area contributed by atoms with Crippen LogP contribution in [-0.4, -0.2) is 50.7 Å². The molecule has 1 aliphatic heterocycles. The molecule has 1 amide bonds. The molecule has 1 atom stereocenters. The second kappa shape index (κ2) is 9.29. The number of carbonyl (C=O) groups excluding carboxylic acids is 2. The van der Waals surface area contributed by atoms with Gasteiger partial charge in [0.2, 0.25) is 0 Å². The molecular weight excluding hydrogens is 392 g/mol. The van der Waals surface area contributed by atoms with Gasteiger partial charge in [0.1, 0.15) is 0 Å². The maximum atomic E-state index is 13.1. The van der Waals surface area contributed by atoms with Crippen LogP contribution in [-0.2, 0) is 16.1 Å². The van der Waals surface area contributed by atoms with E-state index in [1.807, 2.05) is 42.2 Å². The van der Waals surface area contributed by atoms with Crippen molar-refractivity contribution < 1.29 is 14.3 Å². The van der Waals surface area contributed by atoms with E-state index in [0.29, 0.717) is 28.8 Å². The van der Waals surface area contributed by atoms with Crippen molar-refractivity contribution in [2.24, 2.45) is 0 Å². The summed E-state index contributed by atoms with van der Waals surface area (Å²) in [6, 6.07) is 11.4. The molecule has 0 spiro atoms. The molecule has 0 radical (unpaired) electrons. The number of carbonyl (C=O) groups is 2. The van der Waals surface area contributed by atoms with Gasteiger partial charge >= 0.3 is 5.97 Å². The third kappa shape index (κ3) is 4.45. The van der Waals surface area contributed by atoms with E-state index in [1.54, 1.807) is 23.9 Å². The zero-order chi connectivity index (χ0) is 21.8. The average molecular weight is 421 g/mol. The quantitative estimate of drug-likeness (QED) is 0.582. The van der Waals surface area contributed by atoms with Crippen molar-refractivity contribution in [3.63, 3.8) is 0 Å². The van der Waals surface area contributed by atoms with Crippen LogP contribution >= 0.6 is 0 Å². The van der Waals surface area contributed by atoms with Crippen molar-refractivity contribution in [1.29, 1.82) is 0 Å². The smallest absolute Gasteiger partial charge is 0.339 e. The second-order valence-electron chi connectivity index (χ2n) is 7.91. The molecule has 0 aliphatic carbocycles. The highest BCUT2D eigenvalue weighted by molar-refractivity contribution is 6.04. The van der Waals surface area contributed by atoms with Gasteiger partial charge in [0.15, 0.2) is 11.8 Å². The Bertz CT molecular complexity index is 1070. The Hall–Kier alpha value is -3.22. The van der Waals surface area contributed by atoms with Gasteiger partial charge in [0.25, 0.3) is 5.91 Å². The van der Waals surface area contributed by atoms with Gasteiger partial charge < -0.3 is 9.64 Å². The fourth-order valence-corrected chi connectivity index (χ4v) is 4.03. The highest BCUT2D eigenvalue weighted by Crippen LogP contribution is 2.26. The zero-order valence-corrected chi connectivity index (χ0v) is 18.1. The number of nitrogens with zero attached hydrogens (tertiary/aromatic N) is 4. The molecule has 1 aliphatic rings. The number of fused-ring (bicyclic) bond motifs is 1.